The van der Waals surface area contributed by atoms with Gasteiger partial charge in [0, 0.05) is 49.9 Å². The van der Waals surface area contributed by atoms with Gasteiger partial charge in [0.2, 0.25) is 0 Å². The Labute approximate surface area is 222 Å². The quantitative estimate of drug-likeness (QED) is 0.202. The molecule has 0 spiro atoms. The van der Waals surface area contributed by atoms with Crippen LogP contribution in [0.25, 0.3) is 22.6 Å². The number of hydrogen-bond acceptors (Lipinski definition) is 9. The van der Waals surface area contributed by atoms with Crippen LogP contribution in [0.4, 0.5) is 5.82 Å². The number of aliphatic imine (C=N–C) groups is 1. The molecule has 0 bridgehead atoms. The molecule has 0 radical (unpaired) electrons. The first-order chi connectivity index (χ1) is 18.6. The molecule has 0 unspecified atom stereocenters. The van der Waals surface area contributed by atoms with E-state index in [0.29, 0.717) is 18.1 Å². The third-order valence-electron chi connectivity index (χ3n) is 5.27. The van der Waals surface area contributed by atoms with Gasteiger partial charge in [0.05, 0.1) is 37.1 Å². The maximum Gasteiger partial charge on any atom is 0.140 e. The van der Waals surface area contributed by atoms with E-state index in [4.69, 9.17) is 15.6 Å². The molecule has 0 aliphatic heterocycles. The molecule has 4 aromatic rings. The van der Waals surface area contributed by atoms with Crippen molar-refractivity contribution < 1.29 is 14.6 Å². The highest BCUT2D eigenvalue weighted by Crippen LogP contribution is 2.23. The van der Waals surface area contributed by atoms with Crippen LogP contribution in [0.1, 0.15) is 18.1 Å². The van der Waals surface area contributed by atoms with Gasteiger partial charge in [-0.2, -0.15) is 0 Å². The van der Waals surface area contributed by atoms with E-state index in [-0.39, 0.29) is 13.2 Å². The maximum absolute atomic E-state index is 8.92. The minimum atomic E-state index is -0.0365. The Bertz CT molecular complexity index is 1360. The van der Waals surface area contributed by atoms with Gasteiger partial charge in [0.15, 0.2) is 0 Å². The molecule has 3 heterocycles. The normalized spacial score (nSPS) is 11.2. The number of allylic oxidation sites excluding steroid dienone is 1. The Morgan fingerprint density at radius 1 is 1.18 bits per heavy atom. The zero-order chi connectivity index (χ0) is 27.2. The third-order valence-corrected chi connectivity index (χ3v) is 5.27. The van der Waals surface area contributed by atoms with Gasteiger partial charge in [0.25, 0.3) is 0 Å². The molecule has 10 nitrogen and oxygen atoms in total. The van der Waals surface area contributed by atoms with E-state index in [1.54, 1.807) is 25.7 Å². The lowest BCUT2D eigenvalue weighted by atomic mass is 10.1. The number of aromatic nitrogens is 4. The van der Waals surface area contributed by atoms with Crippen LogP contribution >= 0.6 is 0 Å². The van der Waals surface area contributed by atoms with E-state index in [1.807, 2.05) is 60.0 Å². The fourth-order valence-corrected chi connectivity index (χ4v) is 3.48. The van der Waals surface area contributed by atoms with Crippen LogP contribution in [0.15, 0.2) is 85.2 Å². The van der Waals surface area contributed by atoms with Gasteiger partial charge < -0.3 is 25.6 Å². The molecule has 198 valence electrons. The molecule has 0 atom stereocenters. The SMILES string of the molecule is C=COCC.CN=C/C(=C\N)c1ccc(CNc2cc(-c3cnc4cc(OCCO)ccn34)ncn2)cc1. The van der Waals surface area contributed by atoms with Gasteiger partial charge in [-0.25, -0.2) is 15.0 Å². The summed E-state index contributed by atoms with van der Waals surface area (Å²) in [5, 5.41) is 12.3. The van der Waals surface area contributed by atoms with Crippen LogP contribution in [0, 0.1) is 0 Å². The standard InChI is InChI=1S/C24H25N7O2.C4H8O/c1-26-14-19(12-25)18-4-2-17(3-5-18)13-27-23-11-21(29-16-30-23)22-15-28-24-10-20(33-9-8-32)6-7-31(22)24;1-3-5-4-2/h2-7,10-12,14-16,32H,8-9,13,25H2,1H3,(H,27,29,30);3H,1,4H2,2H3/b19-12+,26-14?;. The molecule has 0 aliphatic rings. The van der Waals surface area contributed by atoms with Crippen molar-refractivity contribution in [3.63, 3.8) is 0 Å². The Hall–Kier alpha value is -4.70. The van der Waals surface area contributed by atoms with Crippen molar-refractivity contribution in [1.29, 1.82) is 0 Å². The number of pyridine rings is 1. The largest absolute Gasteiger partial charge is 0.502 e. The first-order valence-electron chi connectivity index (χ1n) is 12.1. The molecular formula is C28H33N7O3. The van der Waals surface area contributed by atoms with Crippen molar-refractivity contribution >= 4 is 23.3 Å². The van der Waals surface area contributed by atoms with Crippen molar-refractivity contribution in [2.75, 3.05) is 32.2 Å². The predicted octanol–water partition coefficient (Wildman–Crippen LogP) is 3.94. The van der Waals surface area contributed by atoms with E-state index in [0.717, 1.165) is 40.3 Å². The highest BCUT2D eigenvalue weighted by molar-refractivity contribution is 6.09. The van der Waals surface area contributed by atoms with Gasteiger partial charge in [-0.1, -0.05) is 30.8 Å². The summed E-state index contributed by atoms with van der Waals surface area (Å²) in [5.74, 6) is 1.36. The van der Waals surface area contributed by atoms with Gasteiger partial charge in [0.1, 0.15) is 30.1 Å². The first kappa shape index (κ1) is 27.9. The monoisotopic (exact) mass is 515 g/mol. The van der Waals surface area contributed by atoms with E-state index < -0.39 is 0 Å². The zero-order valence-electron chi connectivity index (χ0n) is 21.6. The van der Waals surface area contributed by atoms with Crippen molar-refractivity contribution in [2.45, 2.75) is 13.5 Å². The summed E-state index contributed by atoms with van der Waals surface area (Å²) in [7, 11) is 1.72. The van der Waals surface area contributed by atoms with E-state index >= 15 is 0 Å². The Kier molecular flexibility index (Phi) is 10.8. The number of aliphatic hydroxyl groups excluding tert-OH is 1. The highest BCUT2D eigenvalue weighted by atomic mass is 16.5. The molecule has 0 amide bonds. The van der Waals surface area contributed by atoms with E-state index in [2.05, 4.69) is 36.6 Å². The fourth-order valence-electron chi connectivity index (χ4n) is 3.48. The topological polar surface area (TPSA) is 132 Å². The number of fused-ring (bicyclic) bond motifs is 1. The Morgan fingerprint density at radius 3 is 2.66 bits per heavy atom. The molecule has 4 rings (SSSR count). The van der Waals surface area contributed by atoms with Gasteiger partial charge >= 0.3 is 0 Å². The van der Waals surface area contributed by atoms with Crippen LogP contribution in [0.2, 0.25) is 0 Å². The number of ether oxygens (including phenoxy) is 2. The third kappa shape index (κ3) is 7.65. The van der Waals surface area contributed by atoms with Crippen LogP contribution in [-0.4, -0.2) is 57.5 Å². The van der Waals surface area contributed by atoms with Gasteiger partial charge in [-0.3, -0.25) is 9.39 Å². The molecule has 0 saturated carbocycles. The van der Waals surface area contributed by atoms with E-state index in [9.17, 15) is 0 Å². The fraction of sp³-hybridized carbons (Fsp3) is 0.214. The Balaban J connectivity index is 0.000000732. The molecule has 0 saturated heterocycles. The van der Waals surface area contributed by atoms with E-state index in [1.165, 1.54) is 12.6 Å². The predicted molar refractivity (Wildman–Crippen MR) is 151 cm³/mol. The molecule has 0 fully saturated rings. The molecule has 38 heavy (non-hydrogen) atoms. The van der Waals surface area contributed by atoms with Crippen LogP contribution < -0.4 is 15.8 Å². The molecule has 0 aliphatic carbocycles. The number of anilines is 1. The van der Waals surface area contributed by atoms with Crippen molar-refractivity contribution in [2.24, 2.45) is 10.7 Å². The maximum atomic E-state index is 8.92. The molecule has 4 N–H and O–H groups in total. The lowest BCUT2D eigenvalue weighted by Gasteiger charge is -2.09. The van der Waals surface area contributed by atoms with Crippen molar-refractivity contribution in [3.05, 3.63) is 91.4 Å². The number of nitrogens with one attached hydrogen (secondary N) is 1. The summed E-state index contributed by atoms with van der Waals surface area (Å²) >= 11 is 0. The molecule has 3 aromatic heterocycles. The average molecular weight is 516 g/mol. The summed E-state index contributed by atoms with van der Waals surface area (Å²) in [5.41, 5.74) is 11.0. The van der Waals surface area contributed by atoms with Gasteiger partial charge in [-0.15, -0.1) is 0 Å². The van der Waals surface area contributed by atoms with Crippen LogP contribution in [-0.2, 0) is 11.3 Å². The summed E-state index contributed by atoms with van der Waals surface area (Å²) in [6.45, 7) is 6.79. The van der Waals surface area contributed by atoms with Crippen LogP contribution in [0.3, 0.4) is 0 Å². The first-order valence-corrected chi connectivity index (χ1v) is 12.1. The number of benzene rings is 1. The number of nitrogens with zero attached hydrogens (tertiary/aromatic N) is 5. The van der Waals surface area contributed by atoms with Crippen LogP contribution in [0.5, 0.6) is 5.75 Å². The lowest BCUT2D eigenvalue weighted by Crippen LogP contribution is -2.03. The highest BCUT2D eigenvalue weighted by Gasteiger charge is 2.10. The summed E-state index contributed by atoms with van der Waals surface area (Å²) in [4.78, 5) is 17.2. The second-order valence-electron chi connectivity index (χ2n) is 7.78. The number of imidazole rings is 1. The van der Waals surface area contributed by atoms with Crippen molar-refractivity contribution in [1.82, 2.24) is 19.4 Å². The number of rotatable bonds is 11. The minimum Gasteiger partial charge on any atom is -0.502 e. The summed E-state index contributed by atoms with van der Waals surface area (Å²) < 4.78 is 12.0. The summed E-state index contributed by atoms with van der Waals surface area (Å²) in [6.07, 6.45) is 9.87. The number of nitrogens with two attached hydrogens (primary N) is 1. The second-order valence-corrected chi connectivity index (χ2v) is 7.78. The number of hydrogen-bond donors (Lipinski definition) is 3. The molecular weight excluding hydrogens is 482 g/mol. The smallest absolute Gasteiger partial charge is 0.140 e. The lowest BCUT2D eigenvalue weighted by molar-refractivity contribution is 0.201. The second kappa shape index (κ2) is 14.8. The average Bonchev–Trinajstić information content (AvgIpc) is 3.38. The number of aliphatic hydroxyl groups is 1. The molecule has 10 heteroatoms. The molecule has 1 aromatic carbocycles. The zero-order valence-corrected chi connectivity index (χ0v) is 21.6. The van der Waals surface area contributed by atoms with Crippen molar-refractivity contribution in [3.8, 4) is 17.1 Å². The minimum absolute atomic E-state index is 0.0365. The Morgan fingerprint density at radius 2 is 2.00 bits per heavy atom. The summed E-state index contributed by atoms with van der Waals surface area (Å²) in [6, 6.07) is 13.6. The van der Waals surface area contributed by atoms with Gasteiger partial charge in [-0.05, 0) is 24.1 Å².